The van der Waals surface area contributed by atoms with E-state index in [-0.39, 0.29) is 17.7 Å². The Morgan fingerprint density at radius 3 is 2.85 bits per heavy atom. The number of ether oxygens (including phenoxy) is 1. The van der Waals surface area contributed by atoms with Gasteiger partial charge in [-0.05, 0) is 31.5 Å². The Morgan fingerprint density at radius 2 is 2.10 bits per heavy atom. The van der Waals surface area contributed by atoms with Crippen LogP contribution in [-0.4, -0.2) is 29.1 Å². The fraction of sp³-hybridized carbons (Fsp3) is 0.429. The molecule has 0 saturated heterocycles. The number of carbonyl (C=O) groups is 1. The van der Waals surface area contributed by atoms with Crippen LogP contribution in [-0.2, 0) is 9.53 Å². The zero-order valence-corrected chi connectivity index (χ0v) is 11.7. The lowest BCUT2D eigenvalue weighted by Crippen LogP contribution is -2.22. The van der Waals surface area contributed by atoms with Gasteiger partial charge in [-0.2, -0.15) is 0 Å². The van der Waals surface area contributed by atoms with Gasteiger partial charge < -0.3 is 20.0 Å². The fourth-order valence-electron chi connectivity index (χ4n) is 2.06. The summed E-state index contributed by atoms with van der Waals surface area (Å²) < 4.78 is 4.87. The summed E-state index contributed by atoms with van der Waals surface area (Å²) in [5.41, 5.74) is 2.42. The predicted molar refractivity (Wildman–Crippen MR) is 76.6 cm³/mol. The molecule has 20 heavy (non-hydrogen) atoms. The molecule has 0 aliphatic carbocycles. The van der Waals surface area contributed by atoms with Crippen molar-refractivity contribution in [3.05, 3.63) is 34.2 Å². The molecule has 6 nitrogen and oxygen atoms in total. The van der Waals surface area contributed by atoms with Crippen LogP contribution in [0.1, 0.15) is 31.9 Å². The molecule has 2 rings (SSSR count). The second-order valence-corrected chi connectivity index (χ2v) is 4.61. The monoisotopic (exact) mass is 277 g/mol. The van der Waals surface area contributed by atoms with Crippen LogP contribution in [0.2, 0.25) is 0 Å². The van der Waals surface area contributed by atoms with E-state index in [1.807, 2.05) is 25.1 Å². The second kappa shape index (κ2) is 6.38. The van der Waals surface area contributed by atoms with Gasteiger partial charge in [-0.25, -0.2) is 4.79 Å². The molecule has 6 heteroatoms. The summed E-state index contributed by atoms with van der Waals surface area (Å²) in [6.07, 6.45) is 0.349. The normalized spacial score (nSPS) is 12.5. The Labute approximate surface area is 116 Å². The van der Waals surface area contributed by atoms with Crippen LogP contribution < -0.4 is 11.0 Å². The van der Waals surface area contributed by atoms with Crippen molar-refractivity contribution < 1.29 is 9.53 Å². The van der Waals surface area contributed by atoms with Crippen molar-refractivity contribution in [1.29, 1.82) is 0 Å². The number of aromatic nitrogens is 2. The molecule has 0 fully saturated rings. The molecule has 1 aromatic carbocycles. The molecule has 1 unspecified atom stereocenters. The molecule has 1 aromatic heterocycles. The van der Waals surface area contributed by atoms with Crippen LogP contribution in [0, 0.1) is 0 Å². The third-order valence-corrected chi connectivity index (χ3v) is 3.12. The molecule has 0 aliphatic rings. The van der Waals surface area contributed by atoms with Gasteiger partial charge in [0.25, 0.3) is 0 Å². The first-order chi connectivity index (χ1) is 9.60. The molecule has 108 valence electrons. The van der Waals surface area contributed by atoms with E-state index in [4.69, 9.17) is 4.74 Å². The Bertz CT molecular complexity index is 644. The summed E-state index contributed by atoms with van der Waals surface area (Å²) in [6.45, 7) is 4.77. The molecule has 0 spiro atoms. The van der Waals surface area contributed by atoms with Crippen LogP contribution in [0.5, 0.6) is 0 Å². The summed E-state index contributed by atoms with van der Waals surface area (Å²) in [7, 11) is 0. The number of esters is 1. The molecule has 0 radical (unpaired) electrons. The Kier molecular flexibility index (Phi) is 4.57. The first-order valence-electron chi connectivity index (χ1n) is 6.71. The minimum absolute atomic E-state index is 0.0900. The van der Waals surface area contributed by atoms with Gasteiger partial charge in [0.2, 0.25) is 0 Å². The third-order valence-electron chi connectivity index (χ3n) is 3.12. The highest BCUT2D eigenvalue weighted by Gasteiger charge is 2.08. The molecular weight excluding hydrogens is 258 g/mol. The van der Waals surface area contributed by atoms with E-state index in [1.54, 1.807) is 6.92 Å². The zero-order chi connectivity index (χ0) is 14.5. The van der Waals surface area contributed by atoms with E-state index >= 15 is 0 Å². The quantitative estimate of drug-likeness (QED) is 0.698. The molecule has 3 N–H and O–H groups in total. The zero-order valence-electron chi connectivity index (χ0n) is 11.7. The van der Waals surface area contributed by atoms with E-state index in [1.165, 1.54) is 0 Å². The highest BCUT2D eigenvalue weighted by molar-refractivity contribution is 5.75. The van der Waals surface area contributed by atoms with Gasteiger partial charge in [0, 0.05) is 12.6 Å². The van der Waals surface area contributed by atoms with Crippen LogP contribution in [0.3, 0.4) is 0 Å². The smallest absolute Gasteiger partial charge is 0.323 e. The largest absolute Gasteiger partial charge is 0.466 e. The summed E-state index contributed by atoms with van der Waals surface area (Å²) in [5.74, 6) is -0.197. The number of rotatable bonds is 6. The van der Waals surface area contributed by atoms with Crippen molar-refractivity contribution in [1.82, 2.24) is 15.3 Å². The molecule has 0 aliphatic heterocycles. The maximum atomic E-state index is 11.2. The second-order valence-electron chi connectivity index (χ2n) is 4.61. The number of aromatic amines is 2. The van der Waals surface area contributed by atoms with Crippen molar-refractivity contribution in [2.24, 2.45) is 0 Å². The lowest BCUT2D eigenvalue weighted by Gasteiger charge is -2.14. The first-order valence-corrected chi connectivity index (χ1v) is 6.71. The number of hydrogen-bond donors (Lipinski definition) is 3. The summed E-state index contributed by atoms with van der Waals surface area (Å²) in [5, 5.41) is 3.26. The summed E-state index contributed by atoms with van der Waals surface area (Å²) in [6, 6.07) is 5.84. The number of imidazole rings is 1. The minimum atomic E-state index is -0.208. The first kappa shape index (κ1) is 14.3. The molecule has 1 atom stereocenters. The topological polar surface area (TPSA) is 87.0 Å². The Morgan fingerprint density at radius 1 is 1.35 bits per heavy atom. The highest BCUT2D eigenvalue weighted by atomic mass is 16.5. The van der Waals surface area contributed by atoms with E-state index in [0.717, 1.165) is 16.6 Å². The molecule has 1 heterocycles. The highest BCUT2D eigenvalue weighted by Crippen LogP contribution is 2.16. The number of hydrogen-bond acceptors (Lipinski definition) is 4. The predicted octanol–water partition coefficient (Wildman–Crippen LogP) is 1.46. The van der Waals surface area contributed by atoms with Crippen LogP contribution in [0.15, 0.2) is 23.0 Å². The average molecular weight is 277 g/mol. The van der Waals surface area contributed by atoms with Gasteiger partial charge in [0.1, 0.15) is 0 Å². The van der Waals surface area contributed by atoms with Gasteiger partial charge >= 0.3 is 11.7 Å². The van der Waals surface area contributed by atoms with Gasteiger partial charge in [0.05, 0.1) is 24.1 Å². The van der Waals surface area contributed by atoms with Crippen molar-refractivity contribution in [3.8, 4) is 0 Å². The van der Waals surface area contributed by atoms with Gasteiger partial charge in [-0.15, -0.1) is 0 Å². The van der Waals surface area contributed by atoms with Crippen LogP contribution in [0.25, 0.3) is 11.0 Å². The van der Waals surface area contributed by atoms with Gasteiger partial charge in [0.15, 0.2) is 0 Å². The molecule has 0 saturated carbocycles. The standard InChI is InChI=1S/C14H19N3O3/c1-3-20-13(18)6-7-15-9(2)10-4-5-11-12(8-10)17-14(19)16-11/h4-5,8-9,15H,3,6-7H2,1-2H3,(H2,16,17,19). The van der Waals surface area contributed by atoms with Crippen molar-refractivity contribution >= 4 is 17.0 Å². The lowest BCUT2D eigenvalue weighted by atomic mass is 10.1. The Hall–Kier alpha value is -2.08. The van der Waals surface area contributed by atoms with Crippen LogP contribution in [0.4, 0.5) is 0 Å². The van der Waals surface area contributed by atoms with E-state index in [0.29, 0.717) is 19.6 Å². The number of carbonyl (C=O) groups excluding carboxylic acids is 1. The van der Waals surface area contributed by atoms with E-state index in [9.17, 15) is 9.59 Å². The maximum Gasteiger partial charge on any atom is 0.323 e. The Balaban J connectivity index is 1.95. The number of fused-ring (bicyclic) bond motifs is 1. The molecular formula is C14H19N3O3. The fourth-order valence-corrected chi connectivity index (χ4v) is 2.06. The van der Waals surface area contributed by atoms with E-state index < -0.39 is 0 Å². The maximum absolute atomic E-state index is 11.2. The molecule has 2 aromatic rings. The number of nitrogens with one attached hydrogen (secondary N) is 3. The SMILES string of the molecule is CCOC(=O)CCNC(C)c1ccc2[nH]c(=O)[nH]c2c1. The van der Waals surface area contributed by atoms with Gasteiger partial charge in [-0.3, -0.25) is 4.79 Å². The van der Waals surface area contributed by atoms with Crippen molar-refractivity contribution in [2.75, 3.05) is 13.2 Å². The van der Waals surface area contributed by atoms with E-state index in [2.05, 4.69) is 15.3 Å². The summed E-state index contributed by atoms with van der Waals surface area (Å²) >= 11 is 0. The molecule has 0 amide bonds. The third kappa shape index (κ3) is 3.48. The summed E-state index contributed by atoms with van der Waals surface area (Å²) in [4.78, 5) is 27.9. The number of H-pyrrole nitrogens is 2. The van der Waals surface area contributed by atoms with Crippen LogP contribution >= 0.6 is 0 Å². The number of benzene rings is 1. The molecule has 0 bridgehead atoms. The minimum Gasteiger partial charge on any atom is -0.466 e. The van der Waals surface area contributed by atoms with Crippen molar-refractivity contribution in [3.63, 3.8) is 0 Å². The van der Waals surface area contributed by atoms with Crippen molar-refractivity contribution in [2.45, 2.75) is 26.3 Å². The lowest BCUT2D eigenvalue weighted by molar-refractivity contribution is -0.143. The van der Waals surface area contributed by atoms with Gasteiger partial charge in [-0.1, -0.05) is 6.07 Å². The average Bonchev–Trinajstić information content (AvgIpc) is 2.77.